The third kappa shape index (κ3) is 5.64. The molecule has 0 radical (unpaired) electrons. The number of methoxy groups -OCH3 is 3. The molecule has 0 aliphatic rings. The van der Waals surface area contributed by atoms with Crippen molar-refractivity contribution in [1.82, 2.24) is 10.6 Å². The number of nitrogens with one attached hydrogen (secondary N) is 2. The molecular formula is C21H27N3O4. The van der Waals surface area contributed by atoms with Gasteiger partial charge in [0.1, 0.15) is 17.1 Å². The zero-order valence-electron chi connectivity index (χ0n) is 16.7. The van der Waals surface area contributed by atoms with Gasteiger partial charge in [-0.25, -0.2) is 4.79 Å². The minimum Gasteiger partial charge on any atom is -0.496 e. The Balaban J connectivity index is 1.92. The average Bonchev–Trinajstić information content (AvgIpc) is 2.75. The van der Waals surface area contributed by atoms with Crippen LogP contribution >= 0.6 is 0 Å². The van der Waals surface area contributed by atoms with Crippen LogP contribution in [-0.2, 0) is 17.7 Å². The number of aliphatic imine (C=N–C) groups is 1. The van der Waals surface area contributed by atoms with Crippen LogP contribution in [0, 0.1) is 0 Å². The predicted molar refractivity (Wildman–Crippen MR) is 109 cm³/mol. The molecule has 0 bridgehead atoms. The van der Waals surface area contributed by atoms with Crippen LogP contribution in [0.3, 0.4) is 0 Å². The molecule has 0 aliphatic carbocycles. The molecule has 0 atom stereocenters. The van der Waals surface area contributed by atoms with Crippen molar-refractivity contribution in [3.8, 4) is 11.5 Å². The SMILES string of the molecule is CN=C(NCCc1ccccc1OC)NCc1ccc(OC)c(C(=O)OC)c1. The maximum atomic E-state index is 11.9. The lowest BCUT2D eigenvalue weighted by Gasteiger charge is -2.14. The Morgan fingerprint density at radius 1 is 1.00 bits per heavy atom. The van der Waals surface area contributed by atoms with E-state index in [1.165, 1.54) is 14.2 Å². The van der Waals surface area contributed by atoms with E-state index in [4.69, 9.17) is 14.2 Å². The summed E-state index contributed by atoms with van der Waals surface area (Å²) in [5.41, 5.74) is 2.43. The molecule has 0 spiro atoms. The van der Waals surface area contributed by atoms with Crippen molar-refractivity contribution < 1.29 is 19.0 Å². The molecule has 0 amide bonds. The molecule has 0 aliphatic heterocycles. The van der Waals surface area contributed by atoms with Crippen LogP contribution in [0.25, 0.3) is 0 Å². The lowest BCUT2D eigenvalue weighted by atomic mass is 10.1. The van der Waals surface area contributed by atoms with Crippen molar-refractivity contribution in [2.24, 2.45) is 4.99 Å². The number of benzene rings is 2. The van der Waals surface area contributed by atoms with E-state index in [1.807, 2.05) is 30.3 Å². The second kappa shape index (κ2) is 10.8. The van der Waals surface area contributed by atoms with Gasteiger partial charge >= 0.3 is 5.97 Å². The van der Waals surface area contributed by atoms with Crippen LogP contribution in [0.5, 0.6) is 11.5 Å². The van der Waals surface area contributed by atoms with Gasteiger partial charge in [0.05, 0.1) is 21.3 Å². The molecule has 0 heterocycles. The Kier molecular flexibility index (Phi) is 8.14. The number of rotatable bonds is 8. The van der Waals surface area contributed by atoms with Gasteiger partial charge in [-0.2, -0.15) is 0 Å². The second-order valence-electron chi connectivity index (χ2n) is 5.94. The fraction of sp³-hybridized carbons (Fsp3) is 0.333. The van der Waals surface area contributed by atoms with Gasteiger partial charge in [-0.3, -0.25) is 4.99 Å². The zero-order valence-corrected chi connectivity index (χ0v) is 16.7. The third-order valence-corrected chi connectivity index (χ3v) is 4.23. The molecule has 0 unspecified atom stereocenters. The number of esters is 1. The van der Waals surface area contributed by atoms with Crippen molar-refractivity contribution in [3.05, 3.63) is 59.2 Å². The van der Waals surface area contributed by atoms with Gasteiger partial charge in [0.2, 0.25) is 0 Å². The standard InChI is InChI=1S/C21H27N3O4/c1-22-21(23-12-11-16-7-5-6-8-18(16)26-2)24-14-15-9-10-19(27-3)17(13-15)20(25)28-4/h5-10,13H,11-12,14H2,1-4H3,(H2,22,23,24). The molecule has 2 aromatic carbocycles. The molecular weight excluding hydrogens is 358 g/mol. The summed E-state index contributed by atoms with van der Waals surface area (Å²) >= 11 is 0. The summed E-state index contributed by atoms with van der Waals surface area (Å²) in [6, 6.07) is 13.3. The van der Waals surface area contributed by atoms with Crippen molar-refractivity contribution in [2.75, 3.05) is 34.9 Å². The number of hydrogen-bond donors (Lipinski definition) is 2. The van der Waals surface area contributed by atoms with Crippen molar-refractivity contribution in [2.45, 2.75) is 13.0 Å². The molecule has 7 nitrogen and oxygen atoms in total. The molecule has 0 aromatic heterocycles. The Morgan fingerprint density at radius 3 is 2.43 bits per heavy atom. The Bertz CT molecular complexity index is 821. The lowest BCUT2D eigenvalue weighted by molar-refractivity contribution is 0.0597. The van der Waals surface area contributed by atoms with E-state index in [9.17, 15) is 4.79 Å². The minimum absolute atomic E-state index is 0.392. The van der Waals surface area contributed by atoms with Crippen molar-refractivity contribution in [3.63, 3.8) is 0 Å². The fourth-order valence-corrected chi connectivity index (χ4v) is 2.77. The van der Waals surface area contributed by atoms with Crippen LogP contribution in [0.15, 0.2) is 47.5 Å². The molecule has 2 rings (SSSR count). The maximum absolute atomic E-state index is 11.9. The molecule has 150 valence electrons. The number of guanidine groups is 1. The highest BCUT2D eigenvalue weighted by atomic mass is 16.5. The first kappa shape index (κ1) is 21.1. The van der Waals surface area contributed by atoms with E-state index in [0.717, 1.165) is 23.3 Å². The van der Waals surface area contributed by atoms with Gasteiger partial charge < -0.3 is 24.8 Å². The Morgan fingerprint density at radius 2 is 1.75 bits per heavy atom. The number of hydrogen-bond acceptors (Lipinski definition) is 5. The molecule has 2 N–H and O–H groups in total. The first-order chi connectivity index (χ1) is 13.6. The molecule has 0 saturated heterocycles. The van der Waals surface area contributed by atoms with E-state index in [0.29, 0.717) is 30.4 Å². The normalized spacial score (nSPS) is 10.9. The number of carbonyl (C=O) groups excluding carboxylic acids is 1. The summed E-state index contributed by atoms with van der Waals surface area (Å²) in [7, 11) is 6.25. The van der Waals surface area contributed by atoms with Crippen LogP contribution in [0.4, 0.5) is 0 Å². The highest BCUT2D eigenvalue weighted by Gasteiger charge is 2.13. The van der Waals surface area contributed by atoms with Crippen LogP contribution in [0.1, 0.15) is 21.5 Å². The smallest absolute Gasteiger partial charge is 0.341 e. The van der Waals surface area contributed by atoms with E-state index in [-0.39, 0.29) is 0 Å². The second-order valence-corrected chi connectivity index (χ2v) is 5.94. The molecule has 0 fully saturated rings. The maximum Gasteiger partial charge on any atom is 0.341 e. The van der Waals surface area contributed by atoms with E-state index in [1.54, 1.807) is 26.3 Å². The van der Waals surface area contributed by atoms with Gasteiger partial charge in [0.25, 0.3) is 0 Å². The highest BCUT2D eigenvalue weighted by Crippen LogP contribution is 2.21. The molecule has 2 aromatic rings. The number of ether oxygens (including phenoxy) is 3. The van der Waals surface area contributed by atoms with Gasteiger partial charge in [0.15, 0.2) is 5.96 Å². The molecule has 0 saturated carbocycles. The number of carbonyl (C=O) groups is 1. The Labute approximate surface area is 165 Å². The van der Waals surface area contributed by atoms with Crippen molar-refractivity contribution in [1.29, 1.82) is 0 Å². The summed E-state index contributed by atoms with van der Waals surface area (Å²) < 4.78 is 15.4. The number of nitrogens with zero attached hydrogens (tertiary/aromatic N) is 1. The summed E-state index contributed by atoms with van der Waals surface area (Å²) in [5.74, 6) is 1.60. The summed E-state index contributed by atoms with van der Waals surface area (Å²) in [6.07, 6.45) is 0.805. The predicted octanol–water partition coefficient (Wildman–Crippen LogP) is 2.40. The van der Waals surface area contributed by atoms with E-state index >= 15 is 0 Å². The lowest BCUT2D eigenvalue weighted by Crippen LogP contribution is -2.37. The molecule has 28 heavy (non-hydrogen) atoms. The molecule has 7 heteroatoms. The van der Waals surface area contributed by atoms with Gasteiger partial charge in [0, 0.05) is 20.1 Å². The van der Waals surface area contributed by atoms with Crippen LogP contribution in [-0.4, -0.2) is 46.9 Å². The third-order valence-electron chi connectivity index (χ3n) is 4.23. The first-order valence-corrected chi connectivity index (χ1v) is 8.94. The zero-order chi connectivity index (χ0) is 20.4. The highest BCUT2D eigenvalue weighted by molar-refractivity contribution is 5.92. The van der Waals surface area contributed by atoms with Crippen LogP contribution in [0.2, 0.25) is 0 Å². The summed E-state index contributed by atoms with van der Waals surface area (Å²) in [4.78, 5) is 16.1. The Hall–Kier alpha value is -3.22. The summed E-state index contributed by atoms with van der Waals surface area (Å²) in [6.45, 7) is 1.21. The van der Waals surface area contributed by atoms with Crippen LogP contribution < -0.4 is 20.1 Å². The monoisotopic (exact) mass is 385 g/mol. The minimum atomic E-state index is -0.432. The number of para-hydroxylation sites is 1. The van der Waals surface area contributed by atoms with Gasteiger partial charge in [-0.1, -0.05) is 24.3 Å². The topological polar surface area (TPSA) is 81.2 Å². The average molecular weight is 385 g/mol. The first-order valence-electron chi connectivity index (χ1n) is 8.94. The van der Waals surface area contributed by atoms with Crippen molar-refractivity contribution >= 4 is 11.9 Å². The fourth-order valence-electron chi connectivity index (χ4n) is 2.77. The quantitative estimate of drug-likeness (QED) is 0.413. The van der Waals surface area contributed by atoms with Gasteiger partial charge in [-0.15, -0.1) is 0 Å². The van der Waals surface area contributed by atoms with Gasteiger partial charge in [-0.05, 0) is 35.7 Å². The summed E-state index contributed by atoms with van der Waals surface area (Å²) in [5, 5.41) is 6.51. The van der Waals surface area contributed by atoms with E-state index in [2.05, 4.69) is 15.6 Å². The van der Waals surface area contributed by atoms with E-state index < -0.39 is 5.97 Å². The largest absolute Gasteiger partial charge is 0.496 e.